The second-order valence-corrected chi connectivity index (χ2v) is 6.91. The highest BCUT2D eigenvalue weighted by Gasteiger charge is 2.19. The zero-order chi connectivity index (χ0) is 19.5. The van der Waals surface area contributed by atoms with Crippen molar-refractivity contribution in [2.24, 2.45) is 0 Å². The minimum atomic E-state index is -0.229. The quantitative estimate of drug-likeness (QED) is 0.701. The molecule has 142 valence electrons. The van der Waals surface area contributed by atoms with E-state index in [2.05, 4.69) is 10.3 Å². The molecule has 1 aliphatic rings. The third kappa shape index (κ3) is 3.57. The molecule has 0 fully saturated rings. The third-order valence-corrected chi connectivity index (χ3v) is 5.09. The van der Waals surface area contributed by atoms with Crippen molar-refractivity contribution in [2.75, 3.05) is 26.1 Å². The van der Waals surface area contributed by atoms with Gasteiger partial charge in [-0.2, -0.15) is 0 Å². The number of hydrogen-bond donors (Lipinski definition) is 1. The van der Waals surface area contributed by atoms with Gasteiger partial charge >= 0.3 is 0 Å². The van der Waals surface area contributed by atoms with Crippen LogP contribution in [0.25, 0.3) is 17.3 Å². The predicted octanol–water partition coefficient (Wildman–Crippen LogP) is 4.24. The van der Waals surface area contributed by atoms with Gasteiger partial charge in [0.25, 0.3) is 5.91 Å². The van der Waals surface area contributed by atoms with Crippen LogP contribution < -0.4 is 19.5 Å². The van der Waals surface area contributed by atoms with Crippen molar-refractivity contribution < 1.29 is 19.0 Å². The van der Waals surface area contributed by atoms with E-state index in [1.807, 2.05) is 53.9 Å². The summed E-state index contributed by atoms with van der Waals surface area (Å²) in [5, 5.41) is 5.22. The first-order chi connectivity index (χ1) is 13.7. The standard InChI is InChI=1S/C21H18N2O4S/c1-25-15-7-8-19(26-2)16(10-15)17-12-28-21(22-17)23-20(24)14-9-13-5-3-4-6-18(13)27-11-14/h3-10,12H,11H2,1-2H3,(H,22,23,24). The van der Waals surface area contributed by atoms with Crippen LogP contribution >= 0.6 is 11.3 Å². The van der Waals surface area contributed by atoms with Crippen LogP contribution in [0.3, 0.4) is 0 Å². The molecule has 2 aromatic carbocycles. The molecule has 0 unspecified atom stereocenters. The summed E-state index contributed by atoms with van der Waals surface area (Å²) in [6, 6.07) is 13.1. The molecule has 3 aromatic rings. The normalized spacial score (nSPS) is 12.4. The molecule has 28 heavy (non-hydrogen) atoms. The monoisotopic (exact) mass is 394 g/mol. The third-order valence-electron chi connectivity index (χ3n) is 4.33. The molecule has 2 heterocycles. The summed E-state index contributed by atoms with van der Waals surface area (Å²) in [4.78, 5) is 17.1. The molecular weight excluding hydrogens is 376 g/mol. The van der Waals surface area contributed by atoms with Gasteiger partial charge in [-0.15, -0.1) is 11.3 Å². The molecule has 4 rings (SSSR count). The smallest absolute Gasteiger partial charge is 0.256 e. The highest BCUT2D eigenvalue weighted by atomic mass is 32.1. The highest BCUT2D eigenvalue weighted by molar-refractivity contribution is 7.14. The van der Waals surface area contributed by atoms with Gasteiger partial charge in [0.1, 0.15) is 23.9 Å². The largest absolute Gasteiger partial charge is 0.497 e. The number of carbonyl (C=O) groups is 1. The van der Waals surface area contributed by atoms with Gasteiger partial charge in [-0.1, -0.05) is 18.2 Å². The number of rotatable bonds is 5. The Balaban J connectivity index is 1.55. The lowest BCUT2D eigenvalue weighted by Crippen LogP contribution is -2.21. The second kappa shape index (κ2) is 7.74. The molecule has 6 nitrogen and oxygen atoms in total. The number of ether oxygens (including phenoxy) is 3. The van der Waals surface area contributed by atoms with Crippen molar-refractivity contribution in [3.8, 4) is 28.5 Å². The number of aromatic nitrogens is 1. The van der Waals surface area contributed by atoms with E-state index in [1.54, 1.807) is 14.2 Å². The first kappa shape index (κ1) is 18.1. The van der Waals surface area contributed by atoms with Crippen LogP contribution in [0.5, 0.6) is 17.2 Å². The number of amides is 1. The highest BCUT2D eigenvalue weighted by Crippen LogP contribution is 2.35. The van der Waals surface area contributed by atoms with Crippen molar-refractivity contribution in [3.05, 3.63) is 59.0 Å². The molecule has 0 atom stereocenters. The molecule has 0 spiro atoms. The van der Waals surface area contributed by atoms with E-state index in [-0.39, 0.29) is 12.5 Å². The molecule has 0 saturated carbocycles. The Morgan fingerprint density at radius 1 is 1.18 bits per heavy atom. The van der Waals surface area contributed by atoms with Crippen molar-refractivity contribution in [1.82, 2.24) is 4.98 Å². The maximum absolute atomic E-state index is 12.6. The number of anilines is 1. The Morgan fingerprint density at radius 3 is 2.86 bits per heavy atom. The maximum atomic E-state index is 12.6. The lowest BCUT2D eigenvalue weighted by atomic mass is 10.1. The summed E-state index contributed by atoms with van der Waals surface area (Å²) in [5.41, 5.74) is 2.94. The first-order valence-electron chi connectivity index (χ1n) is 8.59. The minimum absolute atomic E-state index is 0.227. The van der Waals surface area contributed by atoms with Gasteiger partial charge in [-0.25, -0.2) is 4.98 Å². The topological polar surface area (TPSA) is 69.7 Å². The van der Waals surface area contributed by atoms with Gasteiger partial charge in [0.2, 0.25) is 0 Å². The Hall–Kier alpha value is -3.32. The Kier molecular flexibility index (Phi) is 4.99. The summed E-state index contributed by atoms with van der Waals surface area (Å²) in [5.74, 6) is 1.94. The zero-order valence-corrected chi connectivity index (χ0v) is 16.2. The number of hydrogen-bond acceptors (Lipinski definition) is 6. The fraction of sp³-hybridized carbons (Fsp3) is 0.143. The van der Waals surface area contributed by atoms with E-state index in [4.69, 9.17) is 14.2 Å². The van der Waals surface area contributed by atoms with Crippen LogP contribution in [-0.4, -0.2) is 31.7 Å². The van der Waals surface area contributed by atoms with Crippen LogP contribution in [0, 0.1) is 0 Å². The van der Waals surface area contributed by atoms with Crippen LogP contribution in [0.2, 0.25) is 0 Å². The van der Waals surface area contributed by atoms with Gasteiger partial charge < -0.3 is 14.2 Å². The molecular formula is C21H18N2O4S. The summed E-state index contributed by atoms with van der Waals surface area (Å²) in [6.07, 6.45) is 1.84. The van der Waals surface area contributed by atoms with Crippen LogP contribution in [0.4, 0.5) is 5.13 Å². The molecule has 0 saturated heterocycles. The SMILES string of the molecule is COc1ccc(OC)c(-c2csc(NC(=O)C3=Cc4ccccc4OC3)n2)c1. The average Bonchev–Trinajstić information content (AvgIpc) is 3.21. The van der Waals surface area contributed by atoms with Crippen molar-refractivity contribution in [2.45, 2.75) is 0 Å². The molecule has 1 amide bonds. The lowest BCUT2D eigenvalue weighted by molar-refractivity contribution is -0.113. The summed E-state index contributed by atoms with van der Waals surface area (Å²) < 4.78 is 16.3. The molecule has 0 bridgehead atoms. The number of methoxy groups -OCH3 is 2. The molecule has 1 aliphatic heterocycles. The van der Waals surface area contributed by atoms with Gasteiger partial charge in [0.05, 0.1) is 25.5 Å². The van der Waals surface area contributed by atoms with Gasteiger partial charge in [0.15, 0.2) is 5.13 Å². The van der Waals surface area contributed by atoms with Crippen LogP contribution in [0.15, 0.2) is 53.4 Å². The molecule has 0 radical (unpaired) electrons. The van der Waals surface area contributed by atoms with Gasteiger partial charge in [0, 0.05) is 16.5 Å². The fourth-order valence-electron chi connectivity index (χ4n) is 2.89. The Labute approximate surface area is 166 Å². The van der Waals surface area contributed by atoms with Crippen LogP contribution in [-0.2, 0) is 4.79 Å². The van der Waals surface area contributed by atoms with E-state index in [0.717, 1.165) is 16.9 Å². The summed E-state index contributed by atoms with van der Waals surface area (Å²) >= 11 is 1.35. The van der Waals surface area contributed by atoms with Crippen molar-refractivity contribution in [1.29, 1.82) is 0 Å². The average molecular weight is 394 g/mol. The van der Waals surface area contributed by atoms with E-state index in [0.29, 0.717) is 27.9 Å². The van der Waals surface area contributed by atoms with E-state index in [9.17, 15) is 4.79 Å². The summed E-state index contributed by atoms with van der Waals surface area (Å²) in [6.45, 7) is 0.227. The van der Waals surface area contributed by atoms with Crippen molar-refractivity contribution >= 4 is 28.5 Å². The molecule has 0 aliphatic carbocycles. The van der Waals surface area contributed by atoms with Crippen molar-refractivity contribution in [3.63, 3.8) is 0 Å². The number of nitrogens with one attached hydrogen (secondary N) is 1. The van der Waals surface area contributed by atoms with E-state index >= 15 is 0 Å². The second-order valence-electron chi connectivity index (χ2n) is 6.05. The van der Waals surface area contributed by atoms with E-state index < -0.39 is 0 Å². The first-order valence-corrected chi connectivity index (χ1v) is 9.47. The number of para-hydroxylation sites is 1. The zero-order valence-electron chi connectivity index (χ0n) is 15.4. The maximum Gasteiger partial charge on any atom is 0.256 e. The number of fused-ring (bicyclic) bond motifs is 1. The molecule has 1 aromatic heterocycles. The Morgan fingerprint density at radius 2 is 2.04 bits per heavy atom. The minimum Gasteiger partial charge on any atom is -0.497 e. The molecule has 7 heteroatoms. The van der Waals surface area contributed by atoms with Gasteiger partial charge in [-0.05, 0) is 30.3 Å². The Bertz CT molecular complexity index is 1060. The number of carbonyl (C=O) groups excluding carboxylic acids is 1. The fourth-order valence-corrected chi connectivity index (χ4v) is 3.60. The molecule has 1 N–H and O–H groups in total. The summed E-state index contributed by atoms with van der Waals surface area (Å²) in [7, 11) is 3.21. The van der Waals surface area contributed by atoms with Crippen LogP contribution in [0.1, 0.15) is 5.56 Å². The lowest BCUT2D eigenvalue weighted by Gasteiger charge is -2.16. The number of nitrogens with zero attached hydrogens (tertiary/aromatic N) is 1. The number of benzene rings is 2. The predicted molar refractivity (Wildman–Crippen MR) is 109 cm³/mol. The van der Waals surface area contributed by atoms with Gasteiger partial charge in [-0.3, -0.25) is 10.1 Å². The van der Waals surface area contributed by atoms with E-state index in [1.165, 1.54) is 11.3 Å². The number of thiazole rings is 1.